The number of benzene rings is 1. The van der Waals surface area contributed by atoms with E-state index in [1.807, 2.05) is 31.2 Å². The highest BCUT2D eigenvalue weighted by Crippen LogP contribution is 2.14. The lowest BCUT2D eigenvalue weighted by Gasteiger charge is -2.02. The molecule has 1 amide bonds. The van der Waals surface area contributed by atoms with Crippen LogP contribution in [0.4, 0.5) is 10.8 Å². The normalized spacial score (nSPS) is 10.1. The van der Waals surface area contributed by atoms with Gasteiger partial charge in [-0.1, -0.05) is 29.0 Å². The summed E-state index contributed by atoms with van der Waals surface area (Å²) < 4.78 is 0. The van der Waals surface area contributed by atoms with E-state index >= 15 is 0 Å². The highest BCUT2D eigenvalue weighted by molar-refractivity contribution is 7.16. The number of hydrogen-bond acceptors (Lipinski definition) is 5. The lowest BCUT2D eigenvalue weighted by atomic mass is 10.2. The van der Waals surface area contributed by atoms with Gasteiger partial charge in [0.1, 0.15) is 0 Å². The minimum Gasteiger partial charge on any atom is -0.374 e. The van der Waals surface area contributed by atoms with Crippen molar-refractivity contribution < 1.29 is 4.79 Å². The Balaban J connectivity index is 2.10. The monoisotopic (exact) mass is 234 g/mol. The predicted molar refractivity (Wildman–Crippen MR) is 63.5 cm³/mol. The van der Waals surface area contributed by atoms with Gasteiger partial charge in [-0.3, -0.25) is 4.79 Å². The molecule has 16 heavy (non-hydrogen) atoms. The first-order valence-corrected chi connectivity index (χ1v) is 5.44. The van der Waals surface area contributed by atoms with Gasteiger partial charge in [-0.15, -0.1) is 10.2 Å². The van der Waals surface area contributed by atoms with Gasteiger partial charge in [0.05, 0.1) is 0 Å². The molecule has 0 atom stereocenters. The number of carbonyl (C=O) groups excluding carboxylic acids is 1. The van der Waals surface area contributed by atoms with Crippen LogP contribution in [-0.2, 0) is 0 Å². The number of nitrogens with one attached hydrogen (secondary N) is 1. The van der Waals surface area contributed by atoms with Gasteiger partial charge in [-0.05, 0) is 19.1 Å². The van der Waals surface area contributed by atoms with Crippen LogP contribution in [0.1, 0.15) is 15.4 Å². The van der Waals surface area contributed by atoms with Gasteiger partial charge >= 0.3 is 0 Å². The maximum atomic E-state index is 11.7. The Morgan fingerprint density at radius 1 is 1.31 bits per heavy atom. The van der Waals surface area contributed by atoms with Crippen molar-refractivity contribution in [1.29, 1.82) is 0 Å². The van der Waals surface area contributed by atoms with E-state index in [0.29, 0.717) is 0 Å². The second kappa shape index (κ2) is 4.28. The Bertz CT molecular complexity index is 506. The Labute approximate surface area is 96.3 Å². The van der Waals surface area contributed by atoms with Crippen molar-refractivity contribution in [2.75, 3.05) is 11.1 Å². The Kier molecular flexibility index (Phi) is 2.82. The third kappa shape index (κ3) is 2.34. The summed E-state index contributed by atoms with van der Waals surface area (Å²) >= 11 is 1.06. The molecule has 6 heteroatoms. The molecular weight excluding hydrogens is 224 g/mol. The Hall–Kier alpha value is -1.95. The van der Waals surface area contributed by atoms with Gasteiger partial charge in [-0.25, -0.2) is 0 Å². The minimum absolute atomic E-state index is 0.262. The number of hydrogen-bond donors (Lipinski definition) is 2. The SMILES string of the molecule is Cc1ccc(NC(=O)c2nnc(N)s2)cc1. The molecule has 0 spiro atoms. The fourth-order valence-corrected chi connectivity index (χ4v) is 1.65. The molecular formula is C10H10N4OS. The predicted octanol–water partition coefficient (Wildman–Crippen LogP) is 1.68. The van der Waals surface area contributed by atoms with Crippen molar-refractivity contribution in [3.05, 3.63) is 34.8 Å². The van der Waals surface area contributed by atoms with Crippen LogP contribution in [0.5, 0.6) is 0 Å². The van der Waals surface area contributed by atoms with Crippen LogP contribution in [0.15, 0.2) is 24.3 Å². The van der Waals surface area contributed by atoms with Gasteiger partial charge in [0.25, 0.3) is 5.91 Å². The summed E-state index contributed by atoms with van der Waals surface area (Å²) in [6, 6.07) is 7.50. The van der Waals surface area contributed by atoms with Crippen molar-refractivity contribution in [3.8, 4) is 0 Å². The topological polar surface area (TPSA) is 80.9 Å². The average molecular weight is 234 g/mol. The van der Waals surface area contributed by atoms with Gasteiger partial charge in [0.15, 0.2) is 0 Å². The summed E-state index contributed by atoms with van der Waals surface area (Å²) in [5.41, 5.74) is 7.26. The van der Waals surface area contributed by atoms with Crippen LogP contribution in [0, 0.1) is 6.92 Å². The number of carbonyl (C=O) groups is 1. The number of anilines is 2. The van der Waals surface area contributed by atoms with Crippen molar-refractivity contribution >= 4 is 28.1 Å². The lowest BCUT2D eigenvalue weighted by molar-refractivity contribution is 0.102. The number of nitrogens with two attached hydrogens (primary N) is 1. The van der Waals surface area contributed by atoms with Gasteiger partial charge < -0.3 is 11.1 Å². The molecule has 0 aliphatic heterocycles. The fraction of sp³-hybridized carbons (Fsp3) is 0.100. The largest absolute Gasteiger partial charge is 0.374 e. The second-order valence-corrected chi connectivity index (χ2v) is 4.27. The first-order valence-electron chi connectivity index (χ1n) is 4.62. The number of nitrogens with zero attached hydrogens (tertiary/aromatic N) is 2. The van der Waals surface area contributed by atoms with E-state index in [1.54, 1.807) is 0 Å². The van der Waals surface area contributed by atoms with Crippen molar-refractivity contribution in [2.45, 2.75) is 6.92 Å². The molecule has 0 saturated carbocycles. The number of aryl methyl sites for hydroxylation is 1. The third-order valence-electron chi connectivity index (χ3n) is 1.94. The molecule has 0 fully saturated rings. The highest BCUT2D eigenvalue weighted by Gasteiger charge is 2.11. The van der Waals surface area contributed by atoms with Crippen LogP contribution in [0.25, 0.3) is 0 Å². The van der Waals surface area contributed by atoms with Crippen molar-refractivity contribution in [1.82, 2.24) is 10.2 Å². The van der Waals surface area contributed by atoms with Crippen LogP contribution >= 0.6 is 11.3 Å². The summed E-state index contributed by atoms with van der Waals surface area (Å²) in [4.78, 5) is 11.7. The first-order chi connectivity index (χ1) is 7.65. The molecule has 2 aromatic rings. The van der Waals surface area contributed by atoms with Crippen molar-refractivity contribution in [2.24, 2.45) is 0 Å². The average Bonchev–Trinajstić information content (AvgIpc) is 2.68. The molecule has 2 rings (SSSR count). The van der Waals surface area contributed by atoms with E-state index in [4.69, 9.17) is 5.73 Å². The number of aromatic nitrogens is 2. The van der Waals surface area contributed by atoms with Crippen LogP contribution in [-0.4, -0.2) is 16.1 Å². The van der Waals surface area contributed by atoms with Crippen LogP contribution in [0.2, 0.25) is 0 Å². The van der Waals surface area contributed by atoms with E-state index < -0.39 is 0 Å². The molecule has 82 valence electrons. The molecule has 5 nitrogen and oxygen atoms in total. The smallest absolute Gasteiger partial charge is 0.286 e. The molecule has 0 unspecified atom stereocenters. The Morgan fingerprint density at radius 3 is 2.56 bits per heavy atom. The molecule has 0 saturated heterocycles. The summed E-state index contributed by atoms with van der Waals surface area (Å²) in [5, 5.41) is 10.5. The minimum atomic E-state index is -0.293. The number of nitrogen functional groups attached to an aromatic ring is 1. The molecule has 1 heterocycles. The molecule has 0 aliphatic carbocycles. The zero-order chi connectivity index (χ0) is 11.5. The second-order valence-electron chi connectivity index (χ2n) is 3.27. The molecule has 1 aromatic carbocycles. The maximum Gasteiger partial charge on any atom is 0.286 e. The quantitative estimate of drug-likeness (QED) is 0.828. The lowest BCUT2D eigenvalue weighted by Crippen LogP contribution is -2.11. The van der Waals surface area contributed by atoms with E-state index in [-0.39, 0.29) is 16.0 Å². The van der Waals surface area contributed by atoms with Gasteiger partial charge in [-0.2, -0.15) is 0 Å². The fourth-order valence-electron chi connectivity index (χ4n) is 1.15. The number of rotatable bonds is 2. The van der Waals surface area contributed by atoms with E-state index in [9.17, 15) is 4.79 Å². The van der Waals surface area contributed by atoms with Crippen LogP contribution in [0.3, 0.4) is 0 Å². The zero-order valence-corrected chi connectivity index (χ0v) is 9.41. The molecule has 0 bridgehead atoms. The Morgan fingerprint density at radius 2 is 2.00 bits per heavy atom. The molecule has 1 aromatic heterocycles. The van der Waals surface area contributed by atoms with E-state index in [0.717, 1.165) is 22.6 Å². The summed E-state index contributed by atoms with van der Waals surface area (Å²) in [6.07, 6.45) is 0. The van der Waals surface area contributed by atoms with Crippen LogP contribution < -0.4 is 11.1 Å². The van der Waals surface area contributed by atoms with Crippen molar-refractivity contribution in [3.63, 3.8) is 0 Å². The summed E-state index contributed by atoms with van der Waals surface area (Å²) in [7, 11) is 0. The molecule has 3 N–H and O–H groups in total. The molecule has 0 aliphatic rings. The van der Waals surface area contributed by atoms with E-state index in [2.05, 4.69) is 15.5 Å². The standard InChI is InChI=1S/C10H10N4OS/c1-6-2-4-7(5-3-6)12-8(15)9-13-14-10(11)16-9/h2-5H,1H3,(H2,11,14)(H,12,15). The zero-order valence-electron chi connectivity index (χ0n) is 8.60. The summed E-state index contributed by atoms with van der Waals surface area (Å²) in [6.45, 7) is 1.98. The maximum absolute atomic E-state index is 11.7. The number of amides is 1. The van der Waals surface area contributed by atoms with E-state index in [1.165, 1.54) is 0 Å². The highest BCUT2D eigenvalue weighted by atomic mass is 32.1. The molecule has 0 radical (unpaired) electrons. The van der Waals surface area contributed by atoms with Gasteiger partial charge in [0, 0.05) is 5.69 Å². The third-order valence-corrected chi connectivity index (χ3v) is 2.70. The van der Waals surface area contributed by atoms with Gasteiger partial charge in [0.2, 0.25) is 10.1 Å². The first kappa shape index (κ1) is 10.6. The summed E-state index contributed by atoms with van der Waals surface area (Å²) in [5.74, 6) is -0.293.